The molecule has 2 aromatic heterocycles. The second-order valence-electron chi connectivity index (χ2n) is 5.92. The van der Waals surface area contributed by atoms with E-state index in [2.05, 4.69) is 34.3 Å². The van der Waals surface area contributed by atoms with Crippen LogP contribution in [0.2, 0.25) is 0 Å². The fourth-order valence-corrected chi connectivity index (χ4v) is 4.58. The first kappa shape index (κ1) is 14.8. The largest absolute Gasteiger partial charge is 0.309 e. The Balaban J connectivity index is 1.85. The van der Waals surface area contributed by atoms with Gasteiger partial charge in [-0.3, -0.25) is 4.68 Å². The Morgan fingerprint density at radius 2 is 2.19 bits per heavy atom. The molecule has 3 rings (SSSR count). The molecule has 1 aliphatic rings. The highest BCUT2D eigenvalue weighted by molar-refractivity contribution is 7.12. The van der Waals surface area contributed by atoms with Gasteiger partial charge in [0, 0.05) is 28.1 Å². The number of nitrogens with zero attached hydrogens (tertiary/aromatic N) is 2. The van der Waals surface area contributed by atoms with Crippen LogP contribution in [-0.4, -0.2) is 16.8 Å². The van der Waals surface area contributed by atoms with Crippen molar-refractivity contribution >= 4 is 11.3 Å². The predicted octanol–water partition coefficient (Wildman–Crippen LogP) is 3.93. The van der Waals surface area contributed by atoms with E-state index in [1.807, 2.05) is 24.6 Å². The second kappa shape index (κ2) is 6.75. The first-order valence-corrected chi connectivity index (χ1v) is 8.94. The quantitative estimate of drug-likeness (QED) is 0.848. The van der Waals surface area contributed by atoms with E-state index in [1.54, 1.807) is 10.4 Å². The topological polar surface area (TPSA) is 29.9 Å². The zero-order valence-electron chi connectivity index (χ0n) is 13.1. The van der Waals surface area contributed by atoms with E-state index in [0.29, 0.717) is 0 Å². The van der Waals surface area contributed by atoms with Crippen LogP contribution in [0.4, 0.5) is 0 Å². The lowest BCUT2D eigenvalue weighted by atomic mass is 10.1. The summed E-state index contributed by atoms with van der Waals surface area (Å²) in [7, 11) is 2.05. The van der Waals surface area contributed by atoms with Crippen LogP contribution in [0.3, 0.4) is 0 Å². The Labute approximate surface area is 131 Å². The number of thiophene rings is 1. The number of nitrogens with one attached hydrogen (secondary N) is 1. The lowest BCUT2D eigenvalue weighted by molar-refractivity contribution is 0.600. The monoisotopic (exact) mass is 303 g/mol. The van der Waals surface area contributed by atoms with Gasteiger partial charge in [-0.2, -0.15) is 5.10 Å². The van der Waals surface area contributed by atoms with Gasteiger partial charge in [0.1, 0.15) is 0 Å². The van der Waals surface area contributed by atoms with Crippen LogP contribution in [0.1, 0.15) is 59.5 Å². The van der Waals surface area contributed by atoms with E-state index < -0.39 is 0 Å². The zero-order chi connectivity index (χ0) is 14.7. The first-order valence-electron chi connectivity index (χ1n) is 8.13. The summed E-state index contributed by atoms with van der Waals surface area (Å²) in [5, 5.41) is 7.95. The van der Waals surface area contributed by atoms with E-state index in [-0.39, 0.29) is 6.04 Å². The van der Waals surface area contributed by atoms with Crippen LogP contribution in [0.25, 0.3) is 0 Å². The van der Waals surface area contributed by atoms with Gasteiger partial charge >= 0.3 is 0 Å². The fraction of sp³-hybridized carbons (Fsp3) is 0.588. The molecule has 0 saturated carbocycles. The predicted molar refractivity (Wildman–Crippen MR) is 89.0 cm³/mol. The molecule has 1 aliphatic carbocycles. The fourth-order valence-electron chi connectivity index (χ4n) is 3.19. The minimum Gasteiger partial charge on any atom is -0.309 e. The maximum absolute atomic E-state index is 4.48. The highest BCUT2D eigenvalue weighted by atomic mass is 32.1. The van der Waals surface area contributed by atoms with Gasteiger partial charge in [-0.25, -0.2) is 0 Å². The average molecular weight is 303 g/mol. The Morgan fingerprint density at radius 3 is 3.00 bits per heavy atom. The molecule has 0 spiro atoms. The number of hydrogen-bond donors (Lipinski definition) is 1. The van der Waals surface area contributed by atoms with E-state index in [9.17, 15) is 0 Å². The van der Waals surface area contributed by atoms with E-state index in [1.165, 1.54) is 42.5 Å². The summed E-state index contributed by atoms with van der Waals surface area (Å²) in [6, 6.07) is 2.72. The van der Waals surface area contributed by atoms with Gasteiger partial charge in [0.2, 0.25) is 0 Å². The van der Waals surface area contributed by atoms with Crippen molar-refractivity contribution in [2.45, 2.75) is 58.0 Å². The average Bonchev–Trinajstić information content (AvgIpc) is 3.03. The third-order valence-electron chi connectivity index (χ3n) is 4.28. The number of aryl methyl sites for hydroxylation is 3. The molecular weight excluding hydrogens is 278 g/mol. The molecule has 1 atom stereocenters. The van der Waals surface area contributed by atoms with E-state index >= 15 is 0 Å². The summed E-state index contributed by atoms with van der Waals surface area (Å²) in [4.78, 5) is 3.06. The maximum atomic E-state index is 4.48. The molecule has 0 saturated heterocycles. The first-order chi connectivity index (χ1) is 10.3. The van der Waals surface area contributed by atoms with Gasteiger partial charge in [-0.15, -0.1) is 11.3 Å². The molecule has 0 fully saturated rings. The van der Waals surface area contributed by atoms with Crippen molar-refractivity contribution in [1.29, 1.82) is 0 Å². The van der Waals surface area contributed by atoms with Crippen molar-refractivity contribution in [2.75, 3.05) is 7.05 Å². The van der Waals surface area contributed by atoms with Crippen molar-refractivity contribution in [3.8, 4) is 0 Å². The van der Waals surface area contributed by atoms with Gasteiger partial charge in [0.05, 0.1) is 12.2 Å². The molecule has 114 valence electrons. The van der Waals surface area contributed by atoms with Crippen LogP contribution >= 0.6 is 11.3 Å². The Morgan fingerprint density at radius 1 is 1.33 bits per heavy atom. The minimum absolute atomic E-state index is 0.285. The highest BCUT2D eigenvalue weighted by Gasteiger charge is 2.20. The molecular formula is C17H25N3S. The van der Waals surface area contributed by atoms with Crippen molar-refractivity contribution in [1.82, 2.24) is 15.1 Å². The molecule has 2 heterocycles. The number of aromatic nitrogens is 2. The molecule has 1 unspecified atom stereocenters. The van der Waals surface area contributed by atoms with Crippen LogP contribution in [0.5, 0.6) is 0 Å². The number of hydrogen-bond acceptors (Lipinski definition) is 3. The number of rotatable bonds is 5. The minimum atomic E-state index is 0.285. The zero-order valence-corrected chi connectivity index (χ0v) is 13.9. The molecule has 0 aliphatic heterocycles. The van der Waals surface area contributed by atoms with Crippen LogP contribution < -0.4 is 5.32 Å². The molecule has 4 heteroatoms. The van der Waals surface area contributed by atoms with Gasteiger partial charge in [0.25, 0.3) is 0 Å². The third kappa shape index (κ3) is 3.22. The lowest BCUT2D eigenvalue weighted by Crippen LogP contribution is -2.16. The molecule has 0 radical (unpaired) electrons. The van der Waals surface area contributed by atoms with Crippen molar-refractivity contribution in [2.24, 2.45) is 0 Å². The SMILES string of the molecule is CCCn1cc(C(NC)c2cc3c(s2)CCCCC3)cn1. The van der Waals surface area contributed by atoms with Gasteiger partial charge in [0.15, 0.2) is 0 Å². The van der Waals surface area contributed by atoms with Gasteiger partial charge in [-0.1, -0.05) is 13.3 Å². The summed E-state index contributed by atoms with van der Waals surface area (Å²) < 4.78 is 2.05. The molecule has 0 bridgehead atoms. The lowest BCUT2D eigenvalue weighted by Gasteiger charge is -2.12. The van der Waals surface area contributed by atoms with Crippen LogP contribution in [0, 0.1) is 0 Å². The highest BCUT2D eigenvalue weighted by Crippen LogP contribution is 2.34. The van der Waals surface area contributed by atoms with Gasteiger partial charge in [-0.05, 0) is 50.8 Å². The Hall–Kier alpha value is -1.13. The van der Waals surface area contributed by atoms with Crippen LogP contribution in [-0.2, 0) is 19.4 Å². The smallest absolute Gasteiger partial charge is 0.0699 e. The van der Waals surface area contributed by atoms with Crippen molar-refractivity contribution in [3.63, 3.8) is 0 Å². The molecule has 2 aromatic rings. The molecule has 0 amide bonds. The van der Waals surface area contributed by atoms with Crippen LogP contribution in [0.15, 0.2) is 18.5 Å². The Kier molecular flexibility index (Phi) is 4.76. The van der Waals surface area contributed by atoms with E-state index in [4.69, 9.17) is 0 Å². The summed E-state index contributed by atoms with van der Waals surface area (Å²) in [6.07, 6.45) is 11.9. The molecule has 3 nitrogen and oxygen atoms in total. The molecule has 1 N–H and O–H groups in total. The van der Waals surface area contributed by atoms with E-state index in [0.717, 1.165) is 13.0 Å². The molecule has 0 aromatic carbocycles. The summed E-state index contributed by atoms with van der Waals surface area (Å²) in [6.45, 7) is 3.19. The third-order valence-corrected chi connectivity index (χ3v) is 5.58. The van der Waals surface area contributed by atoms with Gasteiger partial charge < -0.3 is 5.32 Å². The number of fused-ring (bicyclic) bond motifs is 1. The Bertz CT molecular complexity index is 561. The summed E-state index contributed by atoms with van der Waals surface area (Å²) >= 11 is 2.00. The second-order valence-corrected chi connectivity index (χ2v) is 7.08. The standard InChI is InChI=1S/C17H25N3S/c1-3-9-20-12-14(11-19-20)17(18-2)16-10-13-7-5-4-6-8-15(13)21-16/h10-12,17-18H,3-9H2,1-2H3. The summed E-state index contributed by atoms with van der Waals surface area (Å²) in [5.41, 5.74) is 2.87. The summed E-state index contributed by atoms with van der Waals surface area (Å²) in [5.74, 6) is 0. The maximum Gasteiger partial charge on any atom is 0.0699 e. The normalized spacial score (nSPS) is 16.5. The van der Waals surface area contributed by atoms with Crippen molar-refractivity contribution < 1.29 is 0 Å². The van der Waals surface area contributed by atoms with Crippen molar-refractivity contribution in [3.05, 3.63) is 39.3 Å². The molecule has 21 heavy (non-hydrogen) atoms.